The van der Waals surface area contributed by atoms with Crippen LogP contribution >= 0.6 is 15.9 Å². The van der Waals surface area contributed by atoms with Crippen LogP contribution in [0.5, 0.6) is 0 Å². The molecular weight excluding hydrogens is 314 g/mol. The van der Waals surface area contributed by atoms with E-state index in [1.165, 1.54) is 16.8 Å². The molecule has 0 saturated carbocycles. The van der Waals surface area contributed by atoms with Gasteiger partial charge >= 0.3 is 0 Å². The van der Waals surface area contributed by atoms with Gasteiger partial charge in [-0.05, 0) is 46.9 Å². The minimum atomic E-state index is 0.313. The van der Waals surface area contributed by atoms with Gasteiger partial charge in [-0.15, -0.1) is 0 Å². The Balaban J connectivity index is 1.94. The van der Waals surface area contributed by atoms with E-state index >= 15 is 0 Å². The van der Waals surface area contributed by atoms with E-state index in [0.717, 1.165) is 23.9 Å². The summed E-state index contributed by atoms with van der Waals surface area (Å²) in [5.74, 6) is 0.541. The Morgan fingerprint density at radius 3 is 2.95 bits per heavy atom. The largest absolute Gasteiger partial charge is 0.311 e. The summed E-state index contributed by atoms with van der Waals surface area (Å²) < 4.78 is 3.24. The van der Waals surface area contributed by atoms with Gasteiger partial charge in [0.2, 0.25) is 0 Å². The van der Waals surface area contributed by atoms with Crippen molar-refractivity contribution in [1.29, 1.82) is 0 Å². The van der Waals surface area contributed by atoms with Crippen molar-refractivity contribution in [3.05, 3.63) is 51.8 Å². The zero-order chi connectivity index (χ0) is 14.1. The molecule has 1 N–H and O–H groups in total. The maximum atomic E-state index is 4.50. The molecule has 1 aliphatic rings. The van der Waals surface area contributed by atoms with Gasteiger partial charge in [0, 0.05) is 12.5 Å². The lowest BCUT2D eigenvalue weighted by molar-refractivity contribution is 0.403. The molecule has 0 spiro atoms. The van der Waals surface area contributed by atoms with Crippen molar-refractivity contribution in [3.63, 3.8) is 0 Å². The highest BCUT2D eigenvalue weighted by molar-refractivity contribution is 9.10. The number of hydrogen-bond acceptors (Lipinski definition) is 2. The molecular formula is C16H20BrN3. The van der Waals surface area contributed by atoms with Crippen LogP contribution in [0.15, 0.2) is 34.9 Å². The van der Waals surface area contributed by atoms with Gasteiger partial charge in [-0.25, -0.2) is 0 Å². The van der Waals surface area contributed by atoms with Crippen LogP contribution in [-0.4, -0.2) is 16.8 Å². The molecule has 4 heteroatoms. The van der Waals surface area contributed by atoms with Gasteiger partial charge in [0.25, 0.3) is 0 Å². The fourth-order valence-corrected chi connectivity index (χ4v) is 3.74. The topological polar surface area (TPSA) is 29.9 Å². The van der Waals surface area contributed by atoms with Crippen molar-refractivity contribution >= 4 is 15.9 Å². The van der Waals surface area contributed by atoms with Crippen molar-refractivity contribution < 1.29 is 0 Å². The van der Waals surface area contributed by atoms with E-state index in [0.29, 0.717) is 12.0 Å². The number of halogens is 1. The lowest BCUT2D eigenvalue weighted by Crippen LogP contribution is -2.33. The first-order chi connectivity index (χ1) is 9.76. The second-order valence-corrected chi connectivity index (χ2v) is 6.23. The maximum Gasteiger partial charge on any atom is 0.0701 e. The van der Waals surface area contributed by atoms with Crippen LogP contribution in [0.1, 0.15) is 42.1 Å². The summed E-state index contributed by atoms with van der Waals surface area (Å²) in [7, 11) is 2.04. The molecule has 0 amide bonds. The average molecular weight is 334 g/mol. The molecule has 1 aliphatic carbocycles. The molecule has 1 heterocycles. The van der Waals surface area contributed by atoms with Gasteiger partial charge in [-0.3, -0.25) is 4.68 Å². The number of aryl methyl sites for hydroxylation is 1. The zero-order valence-corrected chi connectivity index (χ0v) is 13.5. The monoisotopic (exact) mass is 333 g/mol. The summed E-state index contributed by atoms with van der Waals surface area (Å²) in [6, 6.07) is 9.06. The first-order valence-corrected chi connectivity index (χ1v) is 8.01. The van der Waals surface area contributed by atoms with Crippen LogP contribution in [0.25, 0.3) is 0 Å². The Labute approximate surface area is 128 Å². The van der Waals surface area contributed by atoms with E-state index in [-0.39, 0.29) is 0 Å². The number of benzene rings is 1. The Bertz CT molecular complexity index is 606. The molecule has 20 heavy (non-hydrogen) atoms. The third-order valence-corrected chi connectivity index (χ3v) is 4.78. The predicted molar refractivity (Wildman–Crippen MR) is 84.9 cm³/mol. The fraction of sp³-hybridized carbons (Fsp3) is 0.438. The lowest BCUT2D eigenvalue weighted by Gasteiger charge is -2.37. The molecule has 2 unspecified atom stereocenters. The standard InChI is InChI=1S/C16H20BrN3/c1-3-8-20-16(14(17)10-19-20)15(18-2)13-9-11-6-4-5-7-12(11)13/h4-7,10,13,15,18H,3,8-9H2,1-2H3. The summed E-state index contributed by atoms with van der Waals surface area (Å²) in [4.78, 5) is 0. The Kier molecular flexibility index (Phi) is 3.94. The summed E-state index contributed by atoms with van der Waals surface area (Å²) in [6.07, 6.45) is 4.16. The first-order valence-electron chi connectivity index (χ1n) is 7.22. The number of likely N-dealkylation sites (N-methyl/N-ethyl adjacent to an activating group) is 1. The number of rotatable bonds is 5. The second kappa shape index (κ2) is 5.70. The first kappa shape index (κ1) is 13.8. The molecule has 3 nitrogen and oxygen atoms in total. The molecule has 0 radical (unpaired) electrons. The normalized spacial score (nSPS) is 18.4. The number of aromatic nitrogens is 2. The van der Waals surface area contributed by atoms with E-state index in [1.54, 1.807) is 0 Å². The van der Waals surface area contributed by atoms with Crippen molar-refractivity contribution in [2.45, 2.75) is 38.3 Å². The minimum Gasteiger partial charge on any atom is -0.311 e. The molecule has 2 aromatic rings. The summed E-state index contributed by atoms with van der Waals surface area (Å²) in [5, 5.41) is 8.00. The molecule has 0 bridgehead atoms. The van der Waals surface area contributed by atoms with Gasteiger partial charge in [0.05, 0.1) is 22.4 Å². The highest BCUT2D eigenvalue weighted by Gasteiger charge is 2.35. The molecule has 2 atom stereocenters. The molecule has 0 aliphatic heterocycles. The second-order valence-electron chi connectivity index (χ2n) is 5.38. The highest BCUT2D eigenvalue weighted by Crippen LogP contribution is 2.44. The van der Waals surface area contributed by atoms with Crippen LogP contribution in [0, 0.1) is 0 Å². The predicted octanol–water partition coefficient (Wildman–Crippen LogP) is 3.66. The van der Waals surface area contributed by atoms with Gasteiger partial charge < -0.3 is 5.32 Å². The Morgan fingerprint density at radius 2 is 2.25 bits per heavy atom. The smallest absolute Gasteiger partial charge is 0.0701 e. The zero-order valence-electron chi connectivity index (χ0n) is 11.9. The molecule has 0 saturated heterocycles. The fourth-order valence-electron chi connectivity index (χ4n) is 3.19. The van der Waals surface area contributed by atoms with E-state index in [4.69, 9.17) is 0 Å². The molecule has 1 aromatic carbocycles. The van der Waals surface area contributed by atoms with Crippen molar-refractivity contribution in [3.8, 4) is 0 Å². The summed E-state index contributed by atoms with van der Waals surface area (Å²) in [5.41, 5.74) is 4.23. The number of nitrogens with one attached hydrogen (secondary N) is 1. The number of fused-ring (bicyclic) bond motifs is 1. The van der Waals surface area contributed by atoms with Crippen molar-refractivity contribution in [1.82, 2.24) is 15.1 Å². The number of hydrogen-bond donors (Lipinski definition) is 1. The Hall–Kier alpha value is -1.13. The van der Waals surface area contributed by atoms with Gasteiger partial charge in [0.1, 0.15) is 0 Å². The van der Waals surface area contributed by atoms with E-state index in [1.807, 2.05) is 13.2 Å². The van der Waals surface area contributed by atoms with E-state index in [9.17, 15) is 0 Å². The Morgan fingerprint density at radius 1 is 1.45 bits per heavy atom. The van der Waals surface area contributed by atoms with Crippen LogP contribution in [0.2, 0.25) is 0 Å². The van der Waals surface area contributed by atoms with Crippen LogP contribution in [0.3, 0.4) is 0 Å². The molecule has 106 valence electrons. The highest BCUT2D eigenvalue weighted by atomic mass is 79.9. The third kappa shape index (κ3) is 2.21. The van der Waals surface area contributed by atoms with Crippen LogP contribution in [-0.2, 0) is 13.0 Å². The molecule has 1 aromatic heterocycles. The third-order valence-electron chi connectivity index (χ3n) is 4.17. The van der Waals surface area contributed by atoms with Crippen molar-refractivity contribution in [2.24, 2.45) is 0 Å². The minimum absolute atomic E-state index is 0.313. The lowest BCUT2D eigenvalue weighted by atomic mass is 9.72. The quantitative estimate of drug-likeness (QED) is 0.904. The van der Waals surface area contributed by atoms with E-state index in [2.05, 4.69) is 62.2 Å². The number of nitrogens with zero attached hydrogens (tertiary/aromatic N) is 2. The SMILES string of the molecule is CCCn1ncc(Br)c1C(NC)C1Cc2ccccc21. The van der Waals surface area contributed by atoms with E-state index < -0.39 is 0 Å². The molecule has 3 rings (SSSR count). The van der Waals surface area contributed by atoms with Gasteiger partial charge in [-0.1, -0.05) is 31.2 Å². The summed E-state index contributed by atoms with van der Waals surface area (Å²) in [6.45, 7) is 3.15. The molecule has 0 fully saturated rings. The average Bonchev–Trinajstić information content (AvgIpc) is 2.78. The van der Waals surface area contributed by atoms with Crippen LogP contribution < -0.4 is 5.32 Å². The van der Waals surface area contributed by atoms with Crippen LogP contribution in [0.4, 0.5) is 0 Å². The van der Waals surface area contributed by atoms with Crippen molar-refractivity contribution in [2.75, 3.05) is 7.05 Å². The van der Waals surface area contributed by atoms with Gasteiger partial charge in [-0.2, -0.15) is 5.10 Å². The summed E-state index contributed by atoms with van der Waals surface area (Å²) >= 11 is 3.67. The van der Waals surface area contributed by atoms with Gasteiger partial charge in [0.15, 0.2) is 0 Å². The maximum absolute atomic E-state index is 4.50.